The van der Waals surface area contributed by atoms with Crippen molar-refractivity contribution in [3.05, 3.63) is 17.5 Å². The Hall–Kier alpha value is -1.03. The Morgan fingerprint density at radius 2 is 2.33 bits per heavy atom. The van der Waals surface area contributed by atoms with Gasteiger partial charge in [0.15, 0.2) is 0 Å². The first kappa shape index (κ1) is 12.0. The molecule has 0 aliphatic rings. The topological polar surface area (TPSA) is 55.1 Å². The fourth-order valence-corrected chi connectivity index (χ4v) is 1.61. The van der Waals surface area contributed by atoms with Crippen LogP contribution in [0.2, 0.25) is 0 Å². The molecular formula is C10H15ClN2O2. The van der Waals surface area contributed by atoms with Gasteiger partial charge in [0.05, 0.1) is 5.69 Å². The summed E-state index contributed by atoms with van der Waals surface area (Å²) in [4.78, 5) is 11.7. The zero-order valence-electron chi connectivity index (χ0n) is 9.13. The molecule has 1 amide bonds. The molecule has 0 spiro atoms. The summed E-state index contributed by atoms with van der Waals surface area (Å²) in [5.41, 5.74) is 0.356. The van der Waals surface area contributed by atoms with Crippen LogP contribution in [0.4, 0.5) is 0 Å². The number of carbonyl (C=O) groups is 1. The molecule has 0 saturated heterocycles. The number of carbonyl (C=O) groups excluding carboxylic acids is 1. The zero-order chi connectivity index (χ0) is 11.5. The van der Waals surface area contributed by atoms with Crippen LogP contribution in [0, 0.1) is 6.92 Å². The van der Waals surface area contributed by atoms with Gasteiger partial charge in [0.25, 0.3) is 5.91 Å². The number of alkyl halides is 1. The minimum Gasteiger partial charge on any atom is -0.351 e. The standard InChI is InChI=1S/C10H15ClN2O2/c1-7-6-8(15-13-7)9(14)12-10(2,3)4-5-11/h6H,4-5H2,1-3H3,(H,12,14). The Morgan fingerprint density at radius 3 is 2.80 bits per heavy atom. The lowest BCUT2D eigenvalue weighted by molar-refractivity contribution is 0.0873. The van der Waals surface area contributed by atoms with Gasteiger partial charge >= 0.3 is 0 Å². The third kappa shape index (κ3) is 3.55. The lowest BCUT2D eigenvalue weighted by Crippen LogP contribution is -2.43. The molecule has 5 heteroatoms. The monoisotopic (exact) mass is 230 g/mol. The molecule has 84 valence electrons. The lowest BCUT2D eigenvalue weighted by atomic mass is 10.0. The first-order valence-electron chi connectivity index (χ1n) is 4.76. The molecule has 0 bridgehead atoms. The van der Waals surface area contributed by atoms with E-state index in [2.05, 4.69) is 10.5 Å². The van der Waals surface area contributed by atoms with Gasteiger partial charge in [-0.15, -0.1) is 11.6 Å². The van der Waals surface area contributed by atoms with E-state index in [1.165, 1.54) is 0 Å². The van der Waals surface area contributed by atoms with Crippen LogP contribution in [0.25, 0.3) is 0 Å². The van der Waals surface area contributed by atoms with Crippen molar-refractivity contribution in [1.82, 2.24) is 10.5 Å². The van der Waals surface area contributed by atoms with Gasteiger partial charge in [-0.05, 0) is 27.2 Å². The second-order valence-corrected chi connectivity index (χ2v) is 4.49. The van der Waals surface area contributed by atoms with Crippen molar-refractivity contribution in [2.75, 3.05) is 5.88 Å². The second-order valence-electron chi connectivity index (χ2n) is 4.11. The fraction of sp³-hybridized carbons (Fsp3) is 0.600. The molecule has 0 aliphatic heterocycles. The number of halogens is 1. The van der Waals surface area contributed by atoms with Crippen LogP contribution in [0.1, 0.15) is 36.5 Å². The van der Waals surface area contributed by atoms with E-state index in [1.807, 2.05) is 13.8 Å². The van der Waals surface area contributed by atoms with Crippen LogP contribution >= 0.6 is 11.6 Å². The van der Waals surface area contributed by atoms with Crippen LogP contribution in [-0.2, 0) is 0 Å². The van der Waals surface area contributed by atoms with Gasteiger partial charge in [0.1, 0.15) is 0 Å². The maximum atomic E-state index is 11.7. The number of hydrogen-bond acceptors (Lipinski definition) is 3. The molecule has 1 aromatic rings. The van der Waals surface area contributed by atoms with Crippen LogP contribution < -0.4 is 5.32 Å². The highest BCUT2D eigenvalue weighted by atomic mass is 35.5. The average molecular weight is 231 g/mol. The molecule has 0 fully saturated rings. The third-order valence-corrected chi connectivity index (χ3v) is 2.21. The molecule has 0 radical (unpaired) electrons. The fourth-order valence-electron chi connectivity index (χ4n) is 1.14. The van der Waals surface area contributed by atoms with E-state index in [4.69, 9.17) is 16.1 Å². The molecule has 1 rings (SSSR count). The van der Waals surface area contributed by atoms with Crippen molar-refractivity contribution in [3.63, 3.8) is 0 Å². The smallest absolute Gasteiger partial charge is 0.290 e. The van der Waals surface area contributed by atoms with E-state index in [9.17, 15) is 4.79 Å². The van der Waals surface area contributed by atoms with E-state index in [-0.39, 0.29) is 17.2 Å². The van der Waals surface area contributed by atoms with Gasteiger partial charge in [0.2, 0.25) is 5.76 Å². The molecule has 0 saturated carbocycles. The number of hydrogen-bond donors (Lipinski definition) is 1. The Morgan fingerprint density at radius 1 is 1.67 bits per heavy atom. The molecular weight excluding hydrogens is 216 g/mol. The van der Waals surface area contributed by atoms with Crippen molar-refractivity contribution in [2.45, 2.75) is 32.7 Å². The second kappa shape index (κ2) is 4.66. The minimum atomic E-state index is -0.334. The summed E-state index contributed by atoms with van der Waals surface area (Å²) in [6.07, 6.45) is 0.702. The highest BCUT2D eigenvalue weighted by Gasteiger charge is 2.22. The highest BCUT2D eigenvalue weighted by Crippen LogP contribution is 2.11. The predicted molar refractivity (Wildman–Crippen MR) is 58.1 cm³/mol. The van der Waals surface area contributed by atoms with Gasteiger partial charge in [-0.2, -0.15) is 0 Å². The normalized spacial score (nSPS) is 11.5. The number of nitrogens with zero attached hydrogens (tertiary/aromatic N) is 1. The molecule has 0 unspecified atom stereocenters. The van der Waals surface area contributed by atoms with Crippen LogP contribution in [-0.4, -0.2) is 22.5 Å². The maximum Gasteiger partial charge on any atom is 0.290 e. The number of amides is 1. The maximum absolute atomic E-state index is 11.7. The summed E-state index contributed by atoms with van der Waals surface area (Å²) in [5, 5.41) is 6.48. The Kier molecular flexibility index (Phi) is 3.74. The summed E-state index contributed by atoms with van der Waals surface area (Å²) in [6, 6.07) is 1.60. The molecule has 0 aliphatic carbocycles. The van der Waals surface area contributed by atoms with Crippen molar-refractivity contribution < 1.29 is 9.32 Å². The summed E-state index contributed by atoms with van der Waals surface area (Å²) >= 11 is 5.63. The Balaban J connectivity index is 2.63. The van der Waals surface area contributed by atoms with Crippen molar-refractivity contribution in [2.24, 2.45) is 0 Å². The number of nitrogens with one attached hydrogen (secondary N) is 1. The van der Waals surface area contributed by atoms with E-state index in [0.717, 1.165) is 0 Å². The predicted octanol–water partition coefficient (Wildman–Crippen LogP) is 2.12. The largest absolute Gasteiger partial charge is 0.351 e. The molecule has 1 heterocycles. The van der Waals surface area contributed by atoms with Gasteiger partial charge in [-0.3, -0.25) is 4.79 Å². The third-order valence-electron chi connectivity index (χ3n) is 2.02. The SMILES string of the molecule is Cc1cc(C(=O)NC(C)(C)CCCl)on1. The summed E-state index contributed by atoms with van der Waals surface area (Å²) < 4.78 is 4.86. The molecule has 1 N–H and O–H groups in total. The van der Waals surface area contributed by atoms with Crippen LogP contribution in [0.15, 0.2) is 10.6 Å². The summed E-state index contributed by atoms with van der Waals surface area (Å²) in [5.74, 6) is 0.476. The Bertz CT molecular complexity index is 347. The molecule has 1 aromatic heterocycles. The van der Waals surface area contributed by atoms with Crippen molar-refractivity contribution >= 4 is 17.5 Å². The van der Waals surface area contributed by atoms with Gasteiger partial charge in [-0.25, -0.2) is 0 Å². The lowest BCUT2D eigenvalue weighted by Gasteiger charge is -2.24. The summed E-state index contributed by atoms with van der Waals surface area (Å²) in [7, 11) is 0. The van der Waals surface area contributed by atoms with Gasteiger partial charge < -0.3 is 9.84 Å². The van der Waals surface area contributed by atoms with Crippen molar-refractivity contribution in [1.29, 1.82) is 0 Å². The molecule has 0 aromatic carbocycles. The summed E-state index contributed by atoms with van der Waals surface area (Å²) in [6.45, 7) is 5.59. The Labute approximate surface area is 94.0 Å². The molecule has 4 nitrogen and oxygen atoms in total. The quantitative estimate of drug-likeness (QED) is 0.807. The number of aromatic nitrogens is 1. The van der Waals surface area contributed by atoms with Crippen LogP contribution in [0.5, 0.6) is 0 Å². The zero-order valence-corrected chi connectivity index (χ0v) is 9.89. The van der Waals surface area contributed by atoms with Gasteiger partial charge in [0, 0.05) is 17.5 Å². The van der Waals surface area contributed by atoms with Gasteiger partial charge in [-0.1, -0.05) is 5.16 Å². The van der Waals surface area contributed by atoms with E-state index < -0.39 is 0 Å². The number of aryl methyl sites for hydroxylation is 1. The molecule has 0 atom stereocenters. The molecule has 15 heavy (non-hydrogen) atoms. The van der Waals surface area contributed by atoms with E-state index in [1.54, 1.807) is 13.0 Å². The first-order valence-corrected chi connectivity index (χ1v) is 5.30. The first-order chi connectivity index (χ1) is 6.94. The van der Waals surface area contributed by atoms with E-state index in [0.29, 0.717) is 18.0 Å². The van der Waals surface area contributed by atoms with E-state index >= 15 is 0 Å². The minimum absolute atomic E-state index is 0.232. The van der Waals surface area contributed by atoms with Crippen LogP contribution in [0.3, 0.4) is 0 Å². The average Bonchev–Trinajstić information content (AvgIpc) is 2.50. The number of rotatable bonds is 4. The highest BCUT2D eigenvalue weighted by molar-refractivity contribution is 6.17. The van der Waals surface area contributed by atoms with Crippen molar-refractivity contribution in [3.8, 4) is 0 Å².